The predicted molar refractivity (Wildman–Crippen MR) is 110 cm³/mol. The van der Waals surface area contributed by atoms with Crippen molar-refractivity contribution in [3.8, 4) is 0 Å². The molecule has 0 saturated carbocycles. The van der Waals surface area contributed by atoms with Crippen LogP contribution in [0.15, 0.2) is 0 Å². The fourth-order valence-electron chi connectivity index (χ4n) is 2.44. The highest BCUT2D eigenvalue weighted by Gasteiger charge is 2.45. The Bertz CT molecular complexity index is 357. The van der Waals surface area contributed by atoms with Gasteiger partial charge in [0.25, 0.3) is 0 Å². The molecule has 0 aromatic carbocycles. The molecule has 0 aromatic rings. The van der Waals surface area contributed by atoms with Crippen LogP contribution in [-0.4, -0.2) is 53.6 Å². The van der Waals surface area contributed by atoms with E-state index in [4.69, 9.17) is 12.3 Å². The van der Waals surface area contributed by atoms with Crippen molar-refractivity contribution >= 4 is 33.8 Å². The number of hydrogen-bond acceptors (Lipinski definition) is 5. The molecule has 0 aliphatic heterocycles. The molecule has 0 aliphatic rings. The predicted octanol–water partition coefficient (Wildman–Crippen LogP) is 3.57. The minimum atomic E-state index is -2.32. The average Bonchev–Trinajstić information content (AvgIpc) is 2.36. The summed E-state index contributed by atoms with van der Waals surface area (Å²) in [6.45, 7) is 20.8. The largest absolute Gasteiger partial charge is 0.436 e. The summed E-state index contributed by atoms with van der Waals surface area (Å²) in [4.78, 5) is 0. The van der Waals surface area contributed by atoms with Crippen LogP contribution in [0.3, 0.4) is 0 Å². The molecular weight excluding hydrogens is 357 g/mol. The molecule has 0 fully saturated rings. The van der Waals surface area contributed by atoms with Crippen LogP contribution in [0.25, 0.3) is 0 Å². The second-order valence-corrected chi connectivity index (χ2v) is 24.3. The monoisotopic (exact) mass is 396 g/mol. The van der Waals surface area contributed by atoms with Crippen molar-refractivity contribution < 1.29 is 12.3 Å². The van der Waals surface area contributed by atoms with E-state index in [0.29, 0.717) is 0 Å². The zero-order chi connectivity index (χ0) is 18.4. The highest BCUT2D eigenvalue weighted by molar-refractivity contribution is 6.89. The molecule has 1 unspecified atom stereocenters. The van der Waals surface area contributed by atoms with Crippen molar-refractivity contribution in [3.63, 3.8) is 0 Å². The molecule has 0 rings (SSSR count). The van der Waals surface area contributed by atoms with E-state index in [0.717, 1.165) is 24.9 Å². The van der Waals surface area contributed by atoms with Gasteiger partial charge in [-0.05, 0) is 65.0 Å². The lowest BCUT2D eigenvalue weighted by molar-refractivity contribution is 0.318. The van der Waals surface area contributed by atoms with Crippen molar-refractivity contribution in [2.24, 2.45) is 0 Å². The molecule has 140 valence electrons. The summed E-state index contributed by atoms with van der Waals surface area (Å²) >= 11 is 0. The van der Waals surface area contributed by atoms with E-state index in [9.17, 15) is 0 Å². The lowest BCUT2D eigenvalue weighted by atomic mass is 11.0. The van der Waals surface area contributed by atoms with Gasteiger partial charge in [0.05, 0.1) is 0 Å². The molecule has 0 aromatic heterocycles. The van der Waals surface area contributed by atoms with Crippen LogP contribution >= 0.6 is 0 Å². The third kappa shape index (κ3) is 10.3. The van der Waals surface area contributed by atoms with Gasteiger partial charge in [-0.3, -0.25) is 0 Å². The standard InChI is InChI=1S/C14H40N2O3Si4/c1-11-20(4,5)17-22(8,9)19-23(10,14-16-13-15-3)18-21(6,7)12-2/h15-16H,11-14H2,1-10H3. The Labute approximate surface area is 148 Å². The lowest BCUT2D eigenvalue weighted by Crippen LogP contribution is -2.62. The van der Waals surface area contributed by atoms with Gasteiger partial charge in [0.2, 0.25) is 0 Å². The zero-order valence-corrected chi connectivity index (χ0v) is 21.1. The first-order valence-corrected chi connectivity index (χ1v) is 20.3. The van der Waals surface area contributed by atoms with E-state index in [-0.39, 0.29) is 0 Å². The fourth-order valence-corrected chi connectivity index (χ4v) is 20.0. The van der Waals surface area contributed by atoms with E-state index in [1.807, 2.05) is 7.05 Å². The molecule has 1 atom stereocenters. The van der Waals surface area contributed by atoms with Gasteiger partial charge in [-0.15, -0.1) is 0 Å². The molecule has 0 heterocycles. The third-order valence-corrected chi connectivity index (χ3v) is 20.0. The van der Waals surface area contributed by atoms with Crippen LogP contribution in [0.5, 0.6) is 0 Å². The first-order chi connectivity index (χ1) is 10.3. The normalized spacial score (nSPS) is 16.4. The van der Waals surface area contributed by atoms with Gasteiger partial charge in [-0.2, -0.15) is 0 Å². The molecule has 0 amide bonds. The van der Waals surface area contributed by atoms with Gasteiger partial charge in [-0.1, -0.05) is 13.8 Å². The Morgan fingerprint density at radius 1 is 0.739 bits per heavy atom. The molecule has 2 N–H and O–H groups in total. The van der Waals surface area contributed by atoms with Crippen LogP contribution in [-0.2, 0) is 12.3 Å². The smallest absolute Gasteiger partial charge is 0.330 e. The Hall–Kier alpha value is 0.668. The zero-order valence-electron chi connectivity index (χ0n) is 17.1. The Morgan fingerprint density at radius 2 is 1.22 bits per heavy atom. The van der Waals surface area contributed by atoms with Gasteiger partial charge >= 0.3 is 17.1 Å². The van der Waals surface area contributed by atoms with E-state index >= 15 is 0 Å². The van der Waals surface area contributed by atoms with E-state index in [1.165, 1.54) is 0 Å². The van der Waals surface area contributed by atoms with E-state index < -0.39 is 33.8 Å². The van der Waals surface area contributed by atoms with Crippen LogP contribution in [0.2, 0.25) is 57.9 Å². The second-order valence-electron chi connectivity index (χ2n) is 8.02. The Balaban J connectivity index is 5.11. The van der Waals surface area contributed by atoms with Gasteiger partial charge in [0.1, 0.15) is 0 Å². The summed E-state index contributed by atoms with van der Waals surface area (Å²) in [5.41, 5.74) is 0. The summed E-state index contributed by atoms with van der Waals surface area (Å²) < 4.78 is 19.8. The number of hydrogen-bond donors (Lipinski definition) is 2. The molecule has 0 spiro atoms. The molecule has 0 bridgehead atoms. The maximum Gasteiger partial charge on any atom is 0.330 e. The second kappa shape index (κ2) is 9.39. The highest BCUT2D eigenvalue weighted by Crippen LogP contribution is 2.25. The number of nitrogens with one attached hydrogen (secondary N) is 2. The first-order valence-electron chi connectivity index (χ1n) is 8.76. The van der Waals surface area contributed by atoms with Gasteiger partial charge in [-0.25, -0.2) is 0 Å². The number of rotatable bonds is 12. The first kappa shape index (κ1) is 23.7. The molecule has 0 saturated heterocycles. The van der Waals surface area contributed by atoms with Gasteiger partial charge in [0, 0.05) is 12.8 Å². The van der Waals surface area contributed by atoms with Crippen molar-refractivity contribution in [3.05, 3.63) is 0 Å². The van der Waals surface area contributed by atoms with E-state index in [2.05, 4.69) is 70.3 Å². The quantitative estimate of drug-likeness (QED) is 0.300. The molecule has 9 heteroatoms. The Kier molecular flexibility index (Phi) is 9.66. The summed E-state index contributed by atoms with van der Waals surface area (Å²) in [5.74, 6) is 0. The third-order valence-electron chi connectivity index (χ3n) is 3.93. The van der Waals surface area contributed by atoms with Crippen molar-refractivity contribution in [1.82, 2.24) is 10.6 Å². The van der Waals surface area contributed by atoms with Crippen LogP contribution < -0.4 is 10.6 Å². The van der Waals surface area contributed by atoms with Crippen molar-refractivity contribution in [2.75, 3.05) is 19.9 Å². The van der Waals surface area contributed by atoms with Crippen molar-refractivity contribution in [1.29, 1.82) is 0 Å². The van der Waals surface area contributed by atoms with Crippen LogP contribution in [0.1, 0.15) is 13.8 Å². The minimum absolute atomic E-state index is 0.765. The van der Waals surface area contributed by atoms with Crippen LogP contribution in [0, 0.1) is 0 Å². The highest BCUT2D eigenvalue weighted by atomic mass is 28.5. The summed E-state index contributed by atoms with van der Waals surface area (Å²) in [6, 6.07) is 2.21. The Morgan fingerprint density at radius 3 is 1.65 bits per heavy atom. The fraction of sp³-hybridized carbons (Fsp3) is 1.00. The van der Waals surface area contributed by atoms with Gasteiger partial charge in [0.15, 0.2) is 16.6 Å². The molecule has 0 radical (unpaired) electrons. The average molecular weight is 397 g/mol. The van der Waals surface area contributed by atoms with Crippen LogP contribution in [0.4, 0.5) is 0 Å². The lowest BCUT2D eigenvalue weighted by Gasteiger charge is -2.42. The maximum absolute atomic E-state index is 6.66. The van der Waals surface area contributed by atoms with E-state index in [1.54, 1.807) is 0 Å². The molecule has 23 heavy (non-hydrogen) atoms. The SMILES string of the molecule is CC[Si](C)(C)O[Si](C)(C)O[Si](C)(CNCNC)O[Si](C)(C)CC. The molecule has 0 aliphatic carbocycles. The maximum atomic E-state index is 6.66. The van der Waals surface area contributed by atoms with Gasteiger partial charge < -0.3 is 23.0 Å². The minimum Gasteiger partial charge on any atom is -0.436 e. The summed E-state index contributed by atoms with van der Waals surface area (Å²) in [7, 11) is -5.91. The molecule has 5 nitrogen and oxygen atoms in total. The summed E-state index contributed by atoms with van der Waals surface area (Å²) in [6.07, 6.45) is 0.790. The summed E-state index contributed by atoms with van der Waals surface area (Å²) in [5, 5.41) is 6.55. The topological polar surface area (TPSA) is 51.8 Å². The van der Waals surface area contributed by atoms with Crippen molar-refractivity contribution in [2.45, 2.75) is 71.8 Å². The molecular formula is C14H40N2O3Si4.